The fraction of sp³-hybridized carbons (Fsp3) is 0.214. The zero-order valence-electron chi connectivity index (χ0n) is 20.6. The van der Waals surface area contributed by atoms with Crippen molar-refractivity contribution < 1.29 is 13.9 Å². The van der Waals surface area contributed by atoms with Crippen molar-refractivity contribution >= 4 is 16.8 Å². The van der Waals surface area contributed by atoms with Crippen LogP contribution in [0.3, 0.4) is 0 Å². The average Bonchev–Trinajstić information content (AvgIpc) is 3.35. The van der Waals surface area contributed by atoms with Gasteiger partial charge in [-0.1, -0.05) is 12.1 Å². The lowest BCUT2D eigenvalue weighted by atomic mass is 9.79. The number of ether oxygens (including phenoxy) is 1. The highest BCUT2D eigenvalue weighted by atomic mass is 19.1. The monoisotopic (exact) mass is 509 g/mol. The van der Waals surface area contributed by atoms with Crippen LogP contribution in [-0.4, -0.2) is 48.3 Å². The molecule has 190 valence electrons. The minimum Gasteiger partial charge on any atom is -0.492 e. The average molecular weight is 510 g/mol. The van der Waals surface area contributed by atoms with Crippen LogP contribution in [0.4, 0.5) is 4.39 Å². The molecule has 0 bridgehead atoms. The molecule has 6 rings (SSSR count). The quantitative estimate of drug-likeness (QED) is 0.345. The highest BCUT2D eigenvalue weighted by molar-refractivity contribution is 5.95. The first-order chi connectivity index (χ1) is 18.6. The van der Waals surface area contributed by atoms with E-state index in [2.05, 4.69) is 30.5 Å². The predicted molar refractivity (Wildman–Crippen MR) is 138 cm³/mol. The summed E-state index contributed by atoms with van der Waals surface area (Å²) < 4.78 is 22.2. The second-order valence-electron chi connectivity index (χ2n) is 9.08. The fourth-order valence-corrected chi connectivity index (χ4v) is 4.66. The number of nitrogens with zero attached hydrogens (tertiary/aromatic N) is 6. The number of carbonyl (C=O) groups excluding carboxylic acids is 1. The molecule has 0 saturated heterocycles. The lowest BCUT2D eigenvalue weighted by molar-refractivity contribution is 0.0902. The molecule has 0 unspecified atom stereocenters. The zero-order chi connectivity index (χ0) is 26.1. The molecule has 0 aliphatic heterocycles. The minimum atomic E-state index is -0.387. The third-order valence-electron chi connectivity index (χ3n) is 6.62. The molecule has 0 radical (unpaired) electrons. The van der Waals surface area contributed by atoms with Crippen LogP contribution < -0.4 is 10.1 Å². The van der Waals surface area contributed by atoms with Gasteiger partial charge in [-0.05, 0) is 62.2 Å². The molecule has 4 heterocycles. The molecule has 0 spiro atoms. The number of hydrogen-bond acceptors (Lipinski definition) is 7. The van der Waals surface area contributed by atoms with Gasteiger partial charge in [0, 0.05) is 29.7 Å². The number of nitrogens with one attached hydrogen (secondary N) is 1. The molecule has 0 atom stereocenters. The molecule has 1 fully saturated rings. The van der Waals surface area contributed by atoms with Crippen molar-refractivity contribution in [1.29, 1.82) is 0 Å². The summed E-state index contributed by atoms with van der Waals surface area (Å²) in [7, 11) is 0. The van der Waals surface area contributed by atoms with E-state index in [1.54, 1.807) is 65.6 Å². The Balaban J connectivity index is 1.23. The van der Waals surface area contributed by atoms with Crippen LogP contribution in [0.1, 0.15) is 42.0 Å². The first-order valence-corrected chi connectivity index (χ1v) is 12.4. The summed E-state index contributed by atoms with van der Waals surface area (Å²) >= 11 is 0. The third kappa shape index (κ3) is 4.45. The normalized spacial score (nSPS) is 16.7. The van der Waals surface area contributed by atoms with E-state index < -0.39 is 0 Å². The van der Waals surface area contributed by atoms with Gasteiger partial charge in [-0.25, -0.2) is 14.4 Å². The van der Waals surface area contributed by atoms with Gasteiger partial charge in [0.25, 0.3) is 5.91 Å². The first kappa shape index (κ1) is 23.7. The van der Waals surface area contributed by atoms with Crippen molar-refractivity contribution in [2.45, 2.75) is 31.7 Å². The topological polar surface area (TPSA) is 108 Å². The van der Waals surface area contributed by atoms with Gasteiger partial charge in [0.2, 0.25) is 0 Å². The Bertz CT molecular complexity index is 1610. The van der Waals surface area contributed by atoms with Gasteiger partial charge in [0.15, 0.2) is 5.82 Å². The summed E-state index contributed by atoms with van der Waals surface area (Å²) in [5.74, 6) is 1.07. The summed E-state index contributed by atoms with van der Waals surface area (Å²) in [5.41, 5.74) is 1.97. The van der Waals surface area contributed by atoms with Crippen LogP contribution in [0.15, 0.2) is 73.2 Å². The summed E-state index contributed by atoms with van der Waals surface area (Å²) in [6, 6.07) is 15.4. The molecule has 5 aromatic rings. The lowest BCUT2D eigenvalue weighted by Gasteiger charge is -2.35. The summed E-state index contributed by atoms with van der Waals surface area (Å²) in [4.78, 5) is 25.8. The van der Waals surface area contributed by atoms with Crippen LogP contribution in [0.25, 0.3) is 28.1 Å². The van der Waals surface area contributed by atoms with E-state index in [1.807, 2.05) is 13.0 Å². The number of para-hydroxylation sites is 1. The van der Waals surface area contributed by atoms with E-state index in [-0.39, 0.29) is 23.7 Å². The molecule has 1 saturated carbocycles. The largest absolute Gasteiger partial charge is 0.492 e. The molecule has 1 aromatic carbocycles. The van der Waals surface area contributed by atoms with Gasteiger partial charge < -0.3 is 10.1 Å². The van der Waals surface area contributed by atoms with Crippen LogP contribution >= 0.6 is 0 Å². The van der Waals surface area contributed by atoms with E-state index in [1.165, 1.54) is 6.07 Å². The van der Waals surface area contributed by atoms with Crippen molar-refractivity contribution in [1.82, 2.24) is 35.0 Å². The predicted octanol–water partition coefficient (Wildman–Crippen LogP) is 4.49. The van der Waals surface area contributed by atoms with Crippen LogP contribution in [0.5, 0.6) is 5.75 Å². The van der Waals surface area contributed by atoms with Gasteiger partial charge in [-0.15, -0.1) is 10.2 Å². The Morgan fingerprint density at radius 2 is 1.95 bits per heavy atom. The summed E-state index contributed by atoms with van der Waals surface area (Å²) in [6.45, 7) is 2.43. The van der Waals surface area contributed by atoms with E-state index in [0.717, 1.165) is 5.39 Å². The molecular weight excluding hydrogens is 485 g/mol. The van der Waals surface area contributed by atoms with Gasteiger partial charge in [-0.2, -0.15) is 0 Å². The highest BCUT2D eigenvalue weighted by Crippen LogP contribution is 2.39. The number of benzene rings is 1. The van der Waals surface area contributed by atoms with E-state index >= 15 is 0 Å². The molecule has 1 N–H and O–H groups in total. The highest BCUT2D eigenvalue weighted by Gasteiger charge is 2.36. The lowest BCUT2D eigenvalue weighted by Crippen LogP contribution is -2.44. The summed E-state index contributed by atoms with van der Waals surface area (Å²) in [6.07, 6.45) is 6.27. The zero-order valence-corrected chi connectivity index (χ0v) is 20.6. The number of aromatic nitrogens is 6. The molecule has 1 amide bonds. The van der Waals surface area contributed by atoms with E-state index in [4.69, 9.17) is 4.74 Å². The third-order valence-corrected chi connectivity index (χ3v) is 6.62. The van der Waals surface area contributed by atoms with Gasteiger partial charge >= 0.3 is 0 Å². The van der Waals surface area contributed by atoms with Gasteiger partial charge in [-0.3, -0.25) is 14.3 Å². The van der Waals surface area contributed by atoms with Crippen molar-refractivity contribution in [2.75, 3.05) is 6.61 Å². The Morgan fingerprint density at radius 1 is 1.08 bits per heavy atom. The molecule has 38 heavy (non-hydrogen) atoms. The van der Waals surface area contributed by atoms with Gasteiger partial charge in [0.05, 0.1) is 24.0 Å². The molecule has 4 aromatic heterocycles. The van der Waals surface area contributed by atoms with Gasteiger partial charge in [0.1, 0.15) is 28.8 Å². The minimum absolute atomic E-state index is 0.0144. The smallest absolute Gasteiger partial charge is 0.270 e. The van der Waals surface area contributed by atoms with Crippen LogP contribution in [0, 0.1) is 5.82 Å². The Labute approximate surface area is 217 Å². The maximum Gasteiger partial charge on any atom is 0.270 e. The van der Waals surface area contributed by atoms with Crippen LogP contribution in [0.2, 0.25) is 0 Å². The molecule has 9 nitrogen and oxygen atoms in total. The van der Waals surface area contributed by atoms with Crippen LogP contribution in [-0.2, 0) is 0 Å². The summed E-state index contributed by atoms with van der Waals surface area (Å²) in [5, 5.41) is 12.7. The first-order valence-electron chi connectivity index (χ1n) is 12.4. The van der Waals surface area contributed by atoms with Crippen molar-refractivity contribution in [3.05, 3.63) is 90.5 Å². The number of halogens is 1. The number of pyridine rings is 3. The van der Waals surface area contributed by atoms with Crippen molar-refractivity contribution in [3.8, 4) is 23.0 Å². The Morgan fingerprint density at radius 3 is 2.74 bits per heavy atom. The molecular formula is C28H24FN7O2. The van der Waals surface area contributed by atoms with E-state index in [9.17, 15) is 9.18 Å². The van der Waals surface area contributed by atoms with Crippen molar-refractivity contribution in [2.24, 2.45) is 0 Å². The number of hydrogen-bond donors (Lipinski definition) is 1. The second kappa shape index (κ2) is 9.97. The number of carbonyl (C=O) groups is 1. The number of fused-ring (bicyclic) bond motifs is 1. The standard InChI is InChI=1S/C28H24FN7O2/c1-2-38-20-8-10-23(31-16-20)27-35-34-26(36(27)25-6-4-3-5-21(25)29)18-13-19(14-18)32-28(37)24-9-7-17-15-30-12-11-22(17)33-24/h3-12,15-16,18-19H,2,13-14H2,1H3,(H,32,37). The maximum atomic E-state index is 14.9. The fourth-order valence-electron chi connectivity index (χ4n) is 4.66. The Hall–Kier alpha value is -4.73. The number of rotatable bonds is 7. The second-order valence-corrected chi connectivity index (χ2v) is 9.08. The van der Waals surface area contributed by atoms with E-state index in [0.29, 0.717) is 59.4 Å². The maximum absolute atomic E-state index is 14.9. The SMILES string of the molecule is CCOc1ccc(-c2nnc(C3CC(NC(=O)c4ccc5cnccc5n4)C3)n2-c2ccccc2F)nc1. The molecule has 1 aliphatic carbocycles. The Kier molecular flexibility index (Phi) is 6.20. The van der Waals surface area contributed by atoms with Crippen molar-refractivity contribution in [3.63, 3.8) is 0 Å². The molecule has 1 aliphatic rings. The number of amides is 1. The molecule has 10 heteroatoms.